The fourth-order valence-electron chi connectivity index (χ4n) is 9.54. The van der Waals surface area contributed by atoms with Gasteiger partial charge in [-0.25, -0.2) is 0 Å². The largest absolute Gasteiger partial charge is 0.310 e. The van der Waals surface area contributed by atoms with Gasteiger partial charge in [0.1, 0.15) is 0 Å². The van der Waals surface area contributed by atoms with Gasteiger partial charge in [-0.05, 0) is 107 Å². The summed E-state index contributed by atoms with van der Waals surface area (Å²) in [5, 5.41) is 12.5. The molecule has 0 amide bonds. The predicted molar refractivity (Wildman–Crippen MR) is 260 cm³/mol. The van der Waals surface area contributed by atoms with Crippen LogP contribution in [0.2, 0.25) is 0 Å². The SMILES string of the molecule is c1ccc(-c2c(-c3ccccc3)c3cc(N(c4ccc(-c5cccc6c5sc5ccccc56)cc4)c4cc5ccccc5c5ccccc45)ccc3c3ccccc23)cc1. The summed E-state index contributed by atoms with van der Waals surface area (Å²) < 4.78 is 2.65. The van der Waals surface area contributed by atoms with E-state index in [2.05, 4.69) is 229 Å². The van der Waals surface area contributed by atoms with Crippen molar-refractivity contribution < 1.29 is 0 Å². The molecule has 1 nitrogen and oxygen atoms in total. The highest BCUT2D eigenvalue weighted by Gasteiger charge is 2.22. The molecule has 2 heteroatoms. The first-order chi connectivity index (χ1) is 29.8. The highest BCUT2D eigenvalue weighted by atomic mass is 32.1. The summed E-state index contributed by atoms with van der Waals surface area (Å²) in [4.78, 5) is 2.48. The smallest absolute Gasteiger partial charge is 0.0546 e. The number of thiophene rings is 1. The molecule has 0 atom stereocenters. The van der Waals surface area contributed by atoms with E-state index in [9.17, 15) is 0 Å². The molecule has 0 N–H and O–H groups in total. The zero-order chi connectivity index (χ0) is 39.6. The molecule has 0 saturated heterocycles. The quantitative estimate of drug-likeness (QED) is 0.152. The molecule has 0 saturated carbocycles. The third kappa shape index (κ3) is 5.53. The summed E-state index contributed by atoms with van der Waals surface area (Å²) in [6, 6.07) is 82.6. The average Bonchev–Trinajstić information content (AvgIpc) is 3.71. The molecule has 1 heterocycles. The molecule has 1 aromatic heterocycles. The van der Waals surface area contributed by atoms with E-state index < -0.39 is 0 Å². The van der Waals surface area contributed by atoms with Gasteiger partial charge in [0.15, 0.2) is 0 Å². The molecule has 280 valence electrons. The van der Waals surface area contributed by atoms with Crippen LogP contribution < -0.4 is 4.90 Å². The Bertz CT molecular complexity index is 3590. The summed E-state index contributed by atoms with van der Waals surface area (Å²) in [6.07, 6.45) is 0. The van der Waals surface area contributed by atoms with Crippen LogP contribution in [0.5, 0.6) is 0 Å². The highest BCUT2D eigenvalue weighted by Crippen LogP contribution is 2.49. The van der Waals surface area contributed by atoms with Gasteiger partial charge in [-0.2, -0.15) is 0 Å². The number of rotatable bonds is 6. The highest BCUT2D eigenvalue weighted by molar-refractivity contribution is 7.26. The Labute approximate surface area is 352 Å². The second-order valence-corrected chi connectivity index (χ2v) is 16.6. The number of anilines is 3. The van der Waals surface area contributed by atoms with Gasteiger partial charge in [0.25, 0.3) is 0 Å². The molecular formula is C58H37NS. The lowest BCUT2D eigenvalue weighted by Gasteiger charge is -2.29. The first kappa shape index (κ1) is 34.5. The van der Waals surface area contributed by atoms with Crippen LogP contribution in [0.3, 0.4) is 0 Å². The molecule has 11 aromatic carbocycles. The van der Waals surface area contributed by atoms with Crippen LogP contribution >= 0.6 is 11.3 Å². The van der Waals surface area contributed by atoms with Crippen LogP contribution in [-0.2, 0) is 0 Å². The van der Waals surface area contributed by atoms with Crippen LogP contribution in [0.1, 0.15) is 0 Å². The monoisotopic (exact) mass is 779 g/mol. The van der Waals surface area contributed by atoms with Gasteiger partial charge < -0.3 is 4.90 Å². The summed E-state index contributed by atoms with van der Waals surface area (Å²) in [5.41, 5.74) is 10.7. The van der Waals surface area contributed by atoms with Gasteiger partial charge >= 0.3 is 0 Å². The van der Waals surface area contributed by atoms with Crippen molar-refractivity contribution in [2.45, 2.75) is 0 Å². The fraction of sp³-hybridized carbons (Fsp3) is 0. The standard InChI is InChI=1S/C58H37NS/c1-3-16-39(17-4-1)56-51-26-12-10-23-47(51)48-35-34-43(37-53(48)57(56)40-18-5-2-6-19-40)59(54-36-41-20-7-8-21-44(41)46-22-9-11-24-49(46)54)42-32-30-38(31-33-42)45-27-15-28-52-50-25-13-14-29-55(50)60-58(45)52/h1-37H. The Morgan fingerprint density at radius 1 is 0.300 bits per heavy atom. The van der Waals surface area contributed by atoms with Crippen molar-refractivity contribution in [1.82, 2.24) is 0 Å². The molecule has 0 unspecified atom stereocenters. The van der Waals surface area contributed by atoms with Gasteiger partial charge in [-0.15, -0.1) is 11.3 Å². The Kier molecular flexibility index (Phi) is 8.11. The molecule has 0 bridgehead atoms. The third-order valence-corrected chi connectivity index (χ3v) is 13.4. The second-order valence-electron chi connectivity index (χ2n) is 15.6. The van der Waals surface area contributed by atoms with Crippen molar-refractivity contribution >= 4 is 91.7 Å². The molecule has 60 heavy (non-hydrogen) atoms. The lowest BCUT2D eigenvalue weighted by molar-refractivity contribution is 1.31. The predicted octanol–water partition coefficient (Wildman–Crippen LogP) is 17.1. The molecule has 0 aliphatic carbocycles. The maximum atomic E-state index is 2.48. The lowest BCUT2D eigenvalue weighted by atomic mass is 9.85. The Hall–Kier alpha value is -7.52. The van der Waals surface area contributed by atoms with Gasteiger partial charge in [-0.3, -0.25) is 0 Å². The van der Waals surface area contributed by atoms with Crippen LogP contribution in [0.4, 0.5) is 17.1 Å². The first-order valence-electron chi connectivity index (χ1n) is 20.6. The first-order valence-corrected chi connectivity index (χ1v) is 21.4. The van der Waals surface area contributed by atoms with E-state index in [1.165, 1.54) is 96.6 Å². The molecule has 0 spiro atoms. The van der Waals surface area contributed by atoms with E-state index in [1.54, 1.807) is 0 Å². The second kappa shape index (κ2) is 14.1. The number of hydrogen-bond acceptors (Lipinski definition) is 2. The summed E-state index contributed by atoms with van der Waals surface area (Å²) >= 11 is 1.88. The number of benzene rings is 11. The van der Waals surface area contributed by atoms with Gasteiger partial charge in [-0.1, -0.05) is 188 Å². The minimum atomic E-state index is 1.10. The third-order valence-electron chi connectivity index (χ3n) is 12.2. The zero-order valence-corrected chi connectivity index (χ0v) is 33.5. The van der Waals surface area contributed by atoms with E-state index in [0.29, 0.717) is 0 Å². The van der Waals surface area contributed by atoms with Crippen LogP contribution in [0, 0.1) is 0 Å². The number of hydrogen-bond donors (Lipinski definition) is 0. The Morgan fingerprint density at radius 3 is 1.57 bits per heavy atom. The zero-order valence-electron chi connectivity index (χ0n) is 32.7. The van der Waals surface area contributed by atoms with Crippen LogP contribution in [0.15, 0.2) is 224 Å². The molecule has 12 rings (SSSR count). The molecule has 12 aromatic rings. The van der Waals surface area contributed by atoms with Crippen LogP contribution in [-0.4, -0.2) is 0 Å². The van der Waals surface area contributed by atoms with Crippen molar-refractivity contribution in [1.29, 1.82) is 0 Å². The van der Waals surface area contributed by atoms with E-state index in [1.807, 2.05) is 11.3 Å². The van der Waals surface area contributed by atoms with Gasteiger partial charge in [0.2, 0.25) is 0 Å². The van der Waals surface area contributed by atoms with E-state index in [4.69, 9.17) is 0 Å². The minimum absolute atomic E-state index is 1.10. The van der Waals surface area contributed by atoms with Crippen molar-refractivity contribution in [3.8, 4) is 33.4 Å². The number of nitrogens with zero attached hydrogens (tertiary/aromatic N) is 1. The van der Waals surface area contributed by atoms with E-state index >= 15 is 0 Å². The maximum absolute atomic E-state index is 2.48. The normalized spacial score (nSPS) is 11.7. The van der Waals surface area contributed by atoms with Crippen molar-refractivity contribution in [2.24, 2.45) is 0 Å². The van der Waals surface area contributed by atoms with Crippen LogP contribution in [0.25, 0.3) is 96.6 Å². The van der Waals surface area contributed by atoms with Crippen molar-refractivity contribution in [2.75, 3.05) is 4.90 Å². The molecule has 0 aliphatic rings. The van der Waals surface area contributed by atoms with E-state index in [0.717, 1.165) is 17.1 Å². The molecule has 0 radical (unpaired) electrons. The fourth-order valence-corrected chi connectivity index (χ4v) is 10.8. The Balaban J connectivity index is 1.14. The maximum Gasteiger partial charge on any atom is 0.0546 e. The minimum Gasteiger partial charge on any atom is -0.310 e. The van der Waals surface area contributed by atoms with Gasteiger partial charge in [0.05, 0.1) is 5.69 Å². The summed E-state index contributed by atoms with van der Waals surface area (Å²) in [7, 11) is 0. The average molecular weight is 780 g/mol. The van der Waals surface area contributed by atoms with Gasteiger partial charge in [0, 0.05) is 36.9 Å². The molecule has 0 aliphatic heterocycles. The number of fused-ring (bicyclic) bond motifs is 9. The lowest BCUT2D eigenvalue weighted by Crippen LogP contribution is -2.11. The molecular weight excluding hydrogens is 743 g/mol. The van der Waals surface area contributed by atoms with Crippen molar-refractivity contribution in [3.05, 3.63) is 224 Å². The van der Waals surface area contributed by atoms with Crippen molar-refractivity contribution in [3.63, 3.8) is 0 Å². The topological polar surface area (TPSA) is 3.24 Å². The summed E-state index contributed by atoms with van der Waals surface area (Å²) in [6.45, 7) is 0. The Morgan fingerprint density at radius 2 is 0.833 bits per heavy atom. The molecule has 0 fully saturated rings. The van der Waals surface area contributed by atoms with E-state index in [-0.39, 0.29) is 0 Å². The summed E-state index contributed by atoms with van der Waals surface area (Å²) in [5.74, 6) is 0.